The Balaban J connectivity index is 2.17. The van der Waals surface area contributed by atoms with Crippen LogP contribution in [0.25, 0.3) is 11.0 Å². The number of benzene rings is 1. The van der Waals surface area contributed by atoms with Gasteiger partial charge in [-0.1, -0.05) is 0 Å². The van der Waals surface area contributed by atoms with Crippen molar-refractivity contribution in [1.29, 1.82) is 0 Å². The zero-order valence-corrected chi connectivity index (χ0v) is 11.2. The molecule has 0 fully saturated rings. The van der Waals surface area contributed by atoms with Crippen LogP contribution in [0, 0.1) is 0 Å². The van der Waals surface area contributed by atoms with Crippen LogP contribution in [0.2, 0.25) is 0 Å². The van der Waals surface area contributed by atoms with Gasteiger partial charge in [0.15, 0.2) is 0 Å². The number of fused-ring (bicyclic) bond motifs is 3. The third kappa shape index (κ3) is 1.95. The second-order valence-electron chi connectivity index (χ2n) is 5.34. The Morgan fingerprint density at radius 3 is 2.85 bits per heavy atom. The highest BCUT2D eigenvalue weighted by atomic mass is 16.6. The molecule has 0 spiro atoms. The van der Waals surface area contributed by atoms with Crippen molar-refractivity contribution in [3.8, 4) is 5.75 Å². The molecule has 1 aromatic heterocycles. The molecule has 3 rings (SSSR count). The second kappa shape index (κ2) is 4.37. The monoisotopic (exact) mass is 274 g/mol. The minimum absolute atomic E-state index is 0.384. The Morgan fingerprint density at radius 2 is 2.10 bits per heavy atom. The second-order valence-corrected chi connectivity index (χ2v) is 5.34. The molecule has 1 atom stereocenters. The van der Waals surface area contributed by atoms with Gasteiger partial charge in [-0.25, -0.2) is 4.79 Å². The lowest BCUT2D eigenvalue weighted by Crippen LogP contribution is -2.47. The first kappa shape index (κ1) is 12.7. The zero-order chi connectivity index (χ0) is 14.3. The normalized spacial score (nSPS) is 20.0. The summed E-state index contributed by atoms with van der Waals surface area (Å²) in [5.41, 5.74) is 0.397. The van der Waals surface area contributed by atoms with Gasteiger partial charge < -0.3 is 13.9 Å². The maximum absolute atomic E-state index is 11.3. The highest BCUT2D eigenvalue weighted by Crippen LogP contribution is 2.38. The molecule has 5 heteroatoms. The van der Waals surface area contributed by atoms with Gasteiger partial charge >= 0.3 is 5.63 Å². The first-order valence-corrected chi connectivity index (χ1v) is 6.35. The molecule has 2 aromatic rings. The molecular formula is C15H14O5. The predicted octanol–water partition coefficient (Wildman–Crippen LogP) is 2.05. The molecule has 1 aliphatic heterocycles. The maximum atomic E-state index is 11.3. The molecule has 0 N–H and O–H groups in total. The van der Waals surface area contributed by atoms with E-state index in [0.717, 1.165) is 16.7 Å². The van der Waals surface area contributed by atoms with Crippen LogP contribution in [0.1, 0.15) is 19.4 Å². The summed E-state index contributed by atoms with van der Waals surface area (Å²) in [6, 6.07) is 6.57. The average Bonchev–Trinajstić information content (AvgIpc) is 2.39. The molecule has 1 aliphatic rings. The van der Waals surface area contributed by atoms with Gasteiger partial charge in [0.1, 0.15) is 23.0 Å². The molecule has 0 bridgehead atoms. The summed E-state index contributed by atoms with van der Waals surface area (Å²) < 4.78 is 16.2. The third-order valence-corrected chi connectivity index (χ3v) is 3.63. The van der Waals surface area contributed by atoms with Gasteiger partial charge in [-0.2, -0.15) is 0 Å². The fraction of sp³-hybridized carbons (Fsp3) is 0.333. The highest BCUT2D eigenvalue weighted by molar-refractivity contribution is 5.83. The summed E-state index contributed by atoms with van der Waals surface area (Å²) in [4.78, 5) is 21.9. The minimum Gasteiger partial charge on any atom is -0.484 e. The fourth-order valence-electron chi connectivity index (χ4n) is 2.55. The lowest BCUT2D eigenvalue weighted by Gasteiger charge is -2.38. The van der Waals surface area contributed by atoms with E-state index in [4.69, 9.17) is 13.9 Å². The Labute approximate surface area is 115 Å². The van der Waals surface area contributed by atoms with E-state index in [2.05, 4.69) is 0 Å². The van der Waals surface area contributed by atoms with E-state index in [0.29, 0.717) is 18.5 Å². The van der Waals surface area contributed by atoms with E-state index in [-0.39, 0.29) is 6.10 Å². The van der Waals surface area contributed by atoms with Crippen molar-refractivity contribution in [3.63, 3.8) is 0 Å². The number of hydrogen-bond acceptors (Lipinski definition) is 5. The van der Waals surface area contributed by atoms with Gasteiger partial charge in [0, 0.05) is 23.4 Å². The van der Waals surface area contributed by atoms with Gasteiger partial charge in [-0.15, -0.1) is 0 Å². The average molecular weight is 274 g/mol. The largest absolute Gasteiger partial charge is 0.484 e. The Hall–Kier alpha value is -2.30. The van der Waals surface area contributed by atoms with Gasteiger partial charge in [-0.3, -0.25) is 4.79 Å². The Bertz CT molecular complexity index is 729. The number of carbonyl (C=O) groups excluding carboxylic acids is 1. The lowest BCUT2D eigenvalue weighted by atomic mass is 9.89. The van der Waals surface area contributed by atoms with Gasteiger partial charge in [0.25, 0.3) is 6.47 Å². The van der Waals surface area contributed by atoms with E-state index in [1.807, 2.05) is 13.8 Å². The predicted molar refractivity (Wildman–Crippen MR) is 71.8 cm³/mol. The molecule has 0 aliphatic carbocycles. The minimum atomic E-state index is -0.600. The van der Waals surface area contributed by atoms with Crippen LogP contribution in [0.5, 0.6) is 5.75 Å². The zero-order valence-electron chi connectivity index (χ0n) is 11.2. The van der Waals surface area contributed by atoms with Crippen molar-refractivity contribution in [2.24, 2.45) is 0 Å². The fourth-order valence-corrected chi connectivity index (χ4v) is 2.55. The number of ether oxygens (including phenoxy) is 2. The summed E-state index contributed by atoms with van der Waals surface area (Å²) in [7, 11) is 0. The van der Waals surface area contributed by atoms with Crippen molar-refractivity contribution < 1.29 is 18.7 Å². The summed E-state index contributed by atoms with van der Waals surface area (Å²) in [6.07, 6.45) is 0.136. The van der Waals surface area contributed by atoms with Crippen LogP contribution >= 0.6 is 0 Å². The smallest absolute Gasteiger partial charge is 0.336 e. The topological polar surface area (TPSA) is 65.7 Å². The summed E-state index contributed by atoms with van der Waals surface area (Å²) in [6.45, 7) is 4.19. The van der Waals surface area contributed by atoms with E-state index >= 15 is 0 Å². The first-order chi connectivity index (χ1) is 9.51. The van der Waals surface area contributed by atoms with E-state index in [1.165, 1.54) is 6.07 Å². The quantitative estimate of drug-likeness (QED) is 0.619. The van der Waals surface area contributed by atoms with E-state index in [1.54, 1.807) is 18.2 Å². The van der Waals surface area contributed by atoms with Gasteiger partial charge in [0.2, 0.25) is 0 Å². The third-order valence-electron chi connectivity index (χ3n) is 3.63. The van der Waals surface area contributed by atoms with Crippen LogP contribution in [0.15, 0.2) is 33.5 Å². The van der Waals surface area contributed by atoms with Crippen LogP contribution in [-0.4, -0.2) is 18.2 Å². The molecular weight excluding hydrogens is 260 g/mol. The molecule has 104 valence electrons. The maximum Gasteiger partial charge on any atom is 0.336 e. The van der Waals surface area contributed by atoms with Crippen molar-refractivity contribution >= 4 is 17.4 Å². The molecule has 5 nitrogen and oxygen atoms in total. The summed E-state index contributed by atoms with van der Waals surface area (Å²) in [5.74, 6) is 0.724. The number of hydrogen-bond donors (Lipinski definition) is 0. The SMILES string of the molecule is CC1(C)Oc2ccc3oc(=O)ccc3c2C[C@@H]1OC=O. The van der Waals surface area contributed by atoms with Crippen molar-refractivity contribution in [2.45, 2.75) is 32.0 Å². The number of carbonyl (C=O) groups is 1. The lowest BCUT2D eigenvalue weighted by molar-refractivity contribution is -0.145. The molecule has 0 saturated heterocycles. The van der Waals surface area contributed by atoms with Crippen molar-refractivity contribution in [1.82, 2.24) is 0 Å². The highest BCUT2D eigenvalue weighted by Gasteiger charge is 2.39. The Morgan fingerprint density at radius 1 is 1.30 bits per heavy atom. The Kier molecular flexibility index (Phi) is 2.78. The van der Waals surface area contributed by atoms with Crippen LogP contribution < -0.4 is 10.4 Å². The van der Waals surface area contributed by atoms with Crippen LogP contribution in [-0.2, 0) is 16.0 Å². The van der Waals surface area contributed by atoms with Crippen molar-refractivity contribution in [3.05, 3.63) is 40.2 Å². The molecule has 1 aromatic carbocycles. The van der Waals surface area contributed by atoms with Crippen LogP contribution in [0.4, 0.5) is 0 Å². The van der Waals surface area contributed by atoms with Crippen molar-refractivity contribution in [2.75, 3.05) is 0 Å². The summed E-state index contributed by atoms with van der Waals surface area (Å²) >= 11 is 0. The molecule has 20 heavy (non-hydrogen) atoms. The molecule has 0 unspecified atom stereocenters. The molecule has 0 saturated carbocycles. The molecule has 0 amide bonds. The molecule has 2 heterocycles. The standard InChI is InChI=1S/C15H14O5/c1-15(2)13(18-8-16)7-10-9-3-6-14(17)19-11(9)4-5-12(10)20-15/h3-6,8,13H,7H2,1-2H3/t13-/m0/s1. The first-order valence-electron chi connectivity index (χ1n) is 6.35. The van der Waals surface area contributed by atoms with E-state index < -0.39 is 11.2 Å². The van der Waals surface area contributed by atoms with E-state index in [9.17, 15) is 9.59 Å². The van der Waals surface area contributed by atoms with Gasteiger partial charge in [0.05, 0.1) is 0 Å². The summed E-state index contributed by atoms with van der Waals surface area (Å²) in [5, 5.41) is 0.803. The number of rotatable bonds is 2. The van der Waals surface area contributed by atoms with Crippen LogP contribution in [0.3, 0.4) is 0 Å². The van der Waals surface area contributed by atoms with Gasteiger partial charge in [-0.05, 0) is 32.0 Å². The molecule has 0 radical (unpaired) electrons.